The summed E-state index contributed by atoms with van der Waals surface area (Å²) >= 11 is 0. The van der Waals surface area contributed by atoms with E-state index in [4.69, 9.17) is 16.3 Å². The highest BCUT2D eigenvalue weighted by Crippen LogP contribution is 2.26. The average molecular weight is 267 g/mol. The molecule has 2 atom stereocenters. The lowest BCUT2D eigenvalue weighted by Crippen LogP contribution is -2.27. The summed E-state index contributed by atoms with van der Waals surface area (Å²) < 4.78 is 18.5. The fourth-order valence-corrected chi connectivity index (χ4v) is 1.88. The average Bonchev–Trinajstić information content (AvgIpc) is 2.69. The molecular formula is C13H14FNO4. The number of nitrogens with one attached hydrogen (secondary N) is 1. The van der Waals surface area contributed by atoms with Crippen LogP contribution in [0.1, 0.15) is 6.42 Å². The van der Waals surface area contributed by atoms with E-state index in [2.05, 4.69) is 11.2 Å². The lowest BCUT2D eigenvalue weighted by Gasteiger charge is -2.11. The molecule has 0 bridgehead atoms. The van der Waals surface area contributed by atoms with E-state index in [-0.39, 0.29) is 18.7 Å². The number of hydrogen-bond donors (Lipinski definition) is 2. The first-order valence-electron chi connectivity index (χ1n) is 5.56. The van der Waals surface area contributed by atoms with Crippen LogP contribution in [-0.2, 0) is 14.3 Å². The van der Waals surface area contributed by atoms with Crippen LogP contribution >= 0.6 is 0 Å². The van der Waals surface area contributed by atoms with Crippen molar-refractivity contribution in [2.45, 2.75) is 6.42 Å². The maximum atomic E-state index is 13.7. The van der Waals surface area contributed by atoms with Crippen molar-refractivity contribution in [2.24, 2.45) is 11.8 Å². The number of terminal acetylenes is 1. The molecule has 1 aliphatic rings. The Hall–Kier alpha value is -2.29. The van der Waals surface area contributed by atoms with Crippen molar-refractivity contribution >= 4 is 11.9 Å². The van der Waals surface area contributed by atoms with Gasteiger partial charge in [0.2, 0.25) is 5.91 Å². The monoisotopic (exact) mass is 267 g/mol. The minimum absolute atomic E-state index is 0.137. The molecule has 0 radical (unpaired) electrons. The number of carboxylic acid groups (broad SMARTS) is 1. The highest BCUT2D eigenvalue weighted by atomic mass is 19.1. The lowest BCUT2D eigenvalue weighted by molar-refractivity contribution is -0.146. The van der Waals surface area contributed by atoms with Gasteiger partial charge in [-0.1, -0.05) is 5.92 Å². The third-order valence-corrected chi connectivity index (χ3v) is 2.78. The molecule has 1 saturated heterocycles. The normalized spacial score (nSPS) is 23.7. The van der Waals surface area contributed by atoms with Crippen LogP contribution in [0.2, 0.25) is 0 Å². The van der Waals surface area contributed by atoms with E-state index in [1.54, 1.807) is 0 Å². The van der Waals surface area contributed by atoms with Crippen LogP contribution in [0.25, 0.3) is 0 Å². The molecule has 2 N–H and O–H groups in total. The minimum atomic E-state index is -1.25. The summed E-state index contributed by atoms with van der Waals surface area (Å²) in [6.07, 6.45) is 7.20. The number of carboxylic acids is 1. The van der Waals surface area contributed by atoms with E-state index in [0.717, 1.165) is 6.08 Å². The first-order valence-corrected chi connectivity index (χ1v) is 5.56. The minimum Gasteiger partial charge on any atom is -0.496 e. The molecule has 0 aromatic heterocycles. The molecule has 1 heterocycles. The lowest BCUT2D eigenvalue weighted by atomic mass is 9.92. The van der Waals surface area contributed by atoms with Gasteiger partial charge in [0.05, 0.1) is 7.11 Å². The fraction of sp³-hybridized carbons (Fsp3) is 0.385. The van der Waals surface area contributed by atoms with Crippen molar-refractivity contribution in [3.63, 3.8) is 0 Å². The van der Waals surface area contributed by atoms with E-state index >= 15 is 0 Å². The van der Waals surface area contributed by atoms with Crippen LogP contribution in [0.4, 0.5) is 4.39 Å². The third-order valence-electron chi connectivity index (χ3n) is 2.78. The van der Waals surface area contributed by atoms with E-state index in [9.17, 15) is 14.0 Å². The molecule has 1 fully saturated rings. The molecule has 0 aliphatic carbocycles. The van der Waals surface area contributed by atoms with Crippen LogP contribution in [0, 0.1) is 24.2 Å². The molecule has 0 aromatic rings. The summed E-state index contributed by atoms with van der Waals surface area (Å²) in [5.74, 6) is -1.92. The van der Waals surface area contributed by atoms with Gasteiger partial charge in [0, 0.05) is 31.0 Å². The number of hydrogen-bond acceptors (Lipinski definition) is 3. The molecule has 5 nitrogen and oxygen atoms in total. The number of ether oxygens (including phenoxy) is 1. The number of carbonyl (C=O) groups excluding carboxylic acids is 1. The maximum Gasteiger partial charge on any atom is 0.316 e. The summed E-state index contributed by atoms with van der Waals surface area (Å²) in [6, 6.07) is 0. The van der Waals surface area contributed by atoms with Crippen molar-refractivity contribution in [3.8, 4) is 12.3 Å². The van der Waals surface area contributed by atoms with Crippen molar-refractivity contribution < 1.29 is 23.8 Å². The number of methoxy groups -OCH3 is 1. The maximum absolute atomic E-state index is 13.7. The Labute approximate surface area is 110 Å². The van der Waals surface area contributed by atoms with Crippen molar-refractivity contribution in [2.75, 3.05) is 13.7 Å². The topological polar surface area (TPSA) is 75.6 Å². The second kappa shape index (κ2) is 6.59. The highest BCUT2D eigenvalue weighted by Gasteiger charge is 2.40. The van der Waals surface area contributed by atoms with Crippen molar-refractivity contribution in [1.82, 2.24) is 5.32 Å². The Morgan fingerprint density at radius 1 is 1.74 bits per heavy atom. The molecule has 6 heteroatoms. The molecule has 0 unspecified atom stereocenters. The van der Waals surface area contributed by atoms with E-state index in [1.165, 1.54) is 13.2 Å². The smallest absolute Gasteiger partial charge is 0.316 e. The molecule has 0 saturated carbocycles. The zero-order valence-electron chi connectivity index (χ0n) is 10.4. The van der Waals surface area contributed by atoms with Gasteiger partial charge in [0.15, 0.2) is 0 Å². The number of rotatable bonds is 5. The number of halogens is 1. The first-order chi connectivity index (χ1) is 8.99. The Bertz CT molecular complexity index is 476. The van der Waals surface area contributed by atoms with Gasteiger partial charge in [-0.05, 0) is 0 Å². The predicted molar refractivity (Wildman–Crippen MR) is 65.4 cm³/mol. The van der Waals surface area contributed by atoms with Gasteiger partial charge in [-0.2, -0.15) is 0 Å². The van der Waals surface area contributed by atoms with E-state index < -0.39 is 29.5 Å². The molecule has 19 heavy (non-hydrogen) atoms. The van der Waals surface area contributed by atoms with Crippen LogP contribution < -0.4 is 5.32 Å². The molecule has 0 aromatic carbocycles. The highest BCUT2D eigenvalue weighted by molar-refractivity contribution is 5.98. The van der Waals surface area contributed by atoms with Crippen LogP contribution in [0.3, 0.4) is 0 Å². The zero-order chi connectivity index (χ0) is 14.4. The number of carbonyl (C=O) groups is 2. The van der Waals surface area contributed by atoms with Gasteiger partial charge in [0.25, 0.3) is 0 Å². The Kier molecular flexibility index (Phi) is 5.12. The summed E-state index contributed by atoms with van der Waals surface area (Å²) in [6.45, 7) is 0.137. The second-order valence-electron chi connectivity index (χ2n) is 4.03. The van der Waals surface area contributed by atoms with Crippen molar-refractivity contribution in [3.05, 3.63) is 23.7 Å². The summed E-state index contributed by atoms with van der Waals surface area (Å²) in [7, 11) is 1.34. The number of aliphatic carboxylic acids is 1. The molecule has 102 valence electrons. The van der Waals surface area contributed by atoms with Gasteiger partial charge in [0.1, 0.15) is 17.5 Å². The van der Waals surface area contributed by atoms with Crippen LogP contribution in [0.15, 0.2) is 23.7 Å². The Balaban J connectivity index is 2.77. The standard InChI is InChI=1S/C13H14FNO4/c1-3-4-10(19-2)6-9(14)5-8-7-15-12(16)11(8)13(17)18/h1,4,6,8,11H,5,7H2,2H3,(H,15,16)(H,17,18)/b9-6+,10-4+/t8-,11+/m0/s1. The van der Waals surface area contributed by atoms with Gasteiger partial charge in [-0.15, -0.1) is 6.42 Å². The fourth-order valence-electron chi connectivity index (χ4n) is 1.88. The Morgan fingerprint density at radius 3 is 2.95 bits per heavy atom. The van der Waals surface area contributed by atoms with Crippen molar-refractivity contribution in [1.29, 1.82) is 0 Å². The zero-order valence-corrected chi connectivity index (χ0v) is 10.4. The number of amides is 1. The summed E-state index contributed by atoms with van der Waals surface area (Å²) in [5, 5.41) is 11.3. The summed E-state index contributed by atoms with van der Waals surface area (Å²) in [5.41, 5.74) is 0. The predicted octanol–water partition coefficient (Wildman–Crippen LogP) is 0.840. The molecule has 1 rings (SSSR count). The van der Waals surface area contributed by atoms with Gasteiger partial charge in [-0.25, -0.2) is 4.39 Å². The molecule has 1 aliphatic heterocycles. The third kappa shape index (κ3) is 3.85. The van der Waals surface area contributed by atoms with Gasteiger partial charge >= 0.3 is 5.97 Å². The van der Waals surface area contributed by atoms with Crippen LogP contribution in [0.5, 0.6) is 0 Å². The second-order valence-corrected chi connectivity index (χ2v) is 4.03. The van der Waals surface area contributed by atoms with Gasteiger partial charge in [-0.3, -0.25) is 9.59 Å². The quantitative estimate of drug-likeness (QED) is 0.335. The first kappa shape index (κ1) is 14.8. The van der Waals surface area contributed by atoms with E-state index in [1.807, 2.05) is 0 Å². The van der Waals surface area contributed by atoms with Crippen LogP contribution in [-0.4, -0.2) is 30.6 Å². The Morgan fingerprint density at radius 2 is 2.42 bits per heavy atom. The van der Waals surface area contributed by atoms with E-state index in [0.29, 0.717) is 0 Å². The number of allylic oxidation sites excluding steroid dienone is 3. The SMILES string of the molecule is C#C/C=C(\C=C(\F)C[C@H]1CNC(=O)[C@@H]1C(=O)O)OC. The molecule has 0 spiro atoms. The molecule has 1 amide bonds. The largest absolute Gasteiger partial charge is 0.496 e. The van der Waals surface area contributed by atoms with Gasteiger partial charge < -0.3 is 15.2 Å². The molecular weight excluding hydrogens is 253 g/mol. The summed E-state index contributed by atoms with van der Waals surface area (Å²) in [4.78, 5) is 22.2.